The Labute approximate surface area is 143 Å². The molecule has 1 aliphatic carbocycles. The van der Waals surface area contributed by atoms with Gasteiger partial charge in [-0.15, -0.1) is 0 Å². The van der Waals surface area contributed by atoms with Crippen LogP contribution in [0.15, 0.2) is 30.0 Å². The molecular formula is C19H25NO4. The van der Waals surface area contributed by atoms with E-state index in [1.165, 1.54) is 12.5 Å². The van der Waals surface area contributed by atoms with Crippen molar-refractivity contribution in [3.8, 4) is 11.5 Å². The Morgan fingerprint density at radius 1 is 1.25 bits per heavy atom. The summed E-state index contributed by atoms with van der Waals surface area (Å²) in [5.41, 5.74) is 1.41. The predicted octanol–water partition coefficient (Wildman–Crippen LogP) is 2.84. The van der Waals surface area contributed by atoms with E-state index >= 15 is 0 Å². The van der Waals surface area contributed by atoms with Crippen molar-refractivity contribution >= 4 is 5.97 Å². The van der Waals surface area contributed by atoms with E-state index in [4.69, 9.17) is 14.2 Å². The first-order valence-corrected chi connectivity index (χ1v) is 8.40. The number of hydrogen-bond donors (Lipinski definition) is 1. The zero-order valence-electron chi connectivity index (χ0n) is 14.6. The smallest absolute Gasteiger partial charge is 0.307 e. The summed E-state index contributed by atoms with van der Waals surface area (Å²) in [7, 11) is 3.31. The van der Waals surface area contributed by atoms with Gasteiger partial charge in [-0.25, -0.2) is 0 Å². The fraction of sp³-hybridized carbons (Fsp3) is 0.526. The number of ether oxygens (including phenoxy) is 3. The van der Waals surface area contributed by atoms with Gasteiger partial charge in [-0.05, 0) is 55.0 Å². The summed E-state index contributed by atoms with van der Waals surface area (Å²) >= 11 is 0. The minimum atomic E-state index is -0.244. The van der Waals surface area contributed by atoms with Crippen molar-refractivity contribution < 1.29 is 19.0 Å². The molecule has 0 unspecified atom stereocenters. The minimum absolute atomic E-state index is 0.170. The number of benzene rings is 1. The maximum absolute atomic E-state index is 11.2. The third-order valence-corrected chi connectivity index (χ3v) is 5.15. The molecule has 5 heteroatoms. The van der Waals surface area contributed by atoms with Gasteiger partial charge < -0.3 is 19.5 Å². The van der Waals surface area contributed by atoms with Crippen molar-refractivity contribution in [2.24, 2.45) is 5.41 Å². The molecule has 1 fully saturated rings. The fourth-order valence-corrected chi connectivity index (χ4v) is 3.96. The van der Waals surface area contributed by atoms with Crippen LogP contribution in [0.4, 0.5) is 0 Å². The van der Waals surface area contributed by atoms with E-state index in [-0.39, 0.29) is 17.4 Å². The first kappa shape index (κ1) is 16.8. The van der Waals surface area contributed by atoms with Crippen LogP contribution >= 0.6 is 0 Å². The Hall–Kier alpha value is -2.01. The molecular weight excluding hydrogens is 306 g/mol. The number of nitrogens with one attached hydrogen (secondary N) is 1. The van der Waals surface area contributed by atoms with Crippen molar-refractivity contribution in [3.63, 3.8) is 0 Å². The second-order valence-electron chi connectivity index (χ2n) is 6.64. The molecule has 0 aromatic heterocycles. The van der Waals surface area contributed by atoms with Crippen molar-refractivity contribution in [2.75, 3.05) is 20.8 Å². The zero-order valence-corrected chi connectivity index (χ0v) is 14.6. The lowest BCUT2D eigenvalue weighted by Gasteiger charge is -2.37. The molecule has 0 amide bonds. The first-order valence-electron chi connectivity index (χ1n) is 8.40. The Kier molecular flexibility index (Phi) is 4.81. The van der Waals surface area contributed by atoms with Gasteiger partial charge in [0.15, 0.2) is 11.5 Å². The summed E-state index contributed by atoms with van der Waals surface area (Å²) in [6.45, 7) is 2.44. The van der Waals surface area contributed by atoms with Crippen LogP contribution in [0.3, 0.4) is 0 Å². The van der Waals surface area contributed by atoms with Crippen LogP contribution in [0, 0.1) is 5.41 Å². The molecule has 0 radical (unpaired) electrons. The fourth-order valence-electron chi connectivity index (χ4n) is 3.96. The van der Waals surface area contributed by atoms with E-state index in [2.05, 4.69) is 23.5 Å². The molecule has 2 aliphatic rings. The molecule has 1 N–H and O–H groups in total. The molecule has 3 rings (SSSR count). The van der Waals surface area contributed by atoms with Gasteiger partial charge in [-0.3, -0.25) is 4.79 Å². The van der Waals surface area contributed by atoms with Crippen molar-refractivity contribution in [3.05, 3.63) is 35.6 Å². The highest BCUT2D eigenvalue weighted by molar-refractivity contribution is 5.67. The van der Waals surface area contributed by atoms with Crippen molar-refractivity contribution in [1.29, 1.82) is 0 Å². The second-order valence-corrected chi connectivity index (χ2v) is 6.64. The molecule has 0 bridgehead atoms. The number of fused-ring (bicyclic) bond motifs is 1. The Balaban J connectivity index is 1.81. The van der Waals surface area contributed by atoms with Crippen LogP contribution in [0.5, 0.6) is 11.5 Å². The summed E-state index contributed by atoms with van der Waals surface area (Å²) in [4.78, 5) is 11.2. The summed E-state index contributed by atoms with van der Waals surface area (Å²) in [6, 6.07) is 6.38. The molecule has 0 spiro atoms. The average molecular weight is 331 g/mol. The van der Waals surface area contributed by atoms with E-state index < -0.39 is 0 Å². The number of carbonyl (C=O) groups excluding carboxylic acids is 1. The van der Waals surface area contributed by atoms with E-state index in [9.17, 15) is 4.79 Å². The molecule has 1 aliphatic heterocycles. The van der Waals surface area contributed by atoms with E-state index in [1.807, 2.05) is 6.07 Å². The molecule has 1 saturated heterocycles. The maximum Gasteiger partial charge on any atom is 0.307 e. The van der Waals surface area contributed by atoms with Crippen LogP contribution in [0.2, 0.25) is 0 Å². The molecule has 24 heavy (non-hydrogen) atoms. The van der Waals surface area contributed by atoms with Crippen LogP contribution in [-0.4, -0.2) is 32.8 Å². The van der Waals surface area contributed by atoms with E-state index in [0.29, 0.717) is 0 Å². The summed E-state index contributed by atoms with van der Waals surface area (Å²) in [5, 5.41) is 3.55. The lowest BCUT2D eigenvalue weighted by Crippen LogP contribution is -2.40. The zero-order chi connectivity index (χ0) is 17.2. The summed E-state index contributed by atoms with van der Waals surface area (Å²) < 4.78 is 16.1. The van der Waals surface area contributed by atoms with Gasteiger partial charge >= 0.3 is 5.97 Å². The number of methoxy groups -OCH3 is 2. The number of rotatable bonds is 5. The number of hydrogen-bond acceptors (Lipinski definition) is 5. The molecule has 0 saturated carbocycles. The molecule has 130 valence electrons. The largest absolute Gasteiger partial charge is 0.493 e. The molecule has 1 heterocycles. The van der Waals surface area contributed by atoms with Gasteiger partial charge in [0, 0.05) is 19.4 Å². The Morgan fingerprint density at radius 2 is 2.04 bits per heavy atom. The summed E-state index contributed by atoms with van der Waals surface area (Å²) in [6.07, 6.45) is 6.01. The normalized spacial score (nSPS) is 25.6. The quantitative estimate of drug-likeness (QED) is 0.841. The highest BCUT2D eigenvalue weighted by atomic mass is 16.5. The third-order valence-electron chi connectivity index (χ3n) is 5.15. The number of carbonyl (C=O) groups is 1. The molecule has 1 aromatic carbocycles. The van der Waals surface area contributed by atoms with E-state index in [1.54, 1.807) is 14.2 Å². The maximum atomic E-state index is 11.2. The lowest BCUT2D eigenvalue weighted by atomic mass is 9.69. The molecule has 2 atom stereocenters. The SMILES string of the molecule is COc1ccc(C[C@@]23CCN[C@H]2C=C(OC(C)=O)CC3)cc1OC. The highest BCUT2D eigenvalue weighted by Crippen LogP contribution is 2.45. The number of allylic oxidation sites excluding steroid dienone is 1. The standard InChI is InChI=1S/C19H25NO4/c1-13(21)24-15-6-7-19(8-9-20-18(19)11-15)12-14-4-5-16(22-2)17(10-14)23-3/h4-5,10-11,18,20H,6-9,12H2,1-3H3/t18-,19+/m0/s1. The van der Waals surface area contributed by atoms with E-state index in [0.717, 1.165) is 49.5 Å². The van der Waals surface area contributed by atoms with Gasteiger partial charge in [-0.1, -0.05) is 6.07 Å². The minimum Gasteiger partial charge on any atom is -0.493 e. The number of esters is 1. The lowest BCUT2D eigenvalue weighted by molar-refractivity contribution is -0.137. The van der Waals surface area contributed by atoms with Crippen molar-refractivity contribution in [2.45, 2.75) is 38.6 Å². The predicted molar refractivity (Wildman–Crippen MR) is 91.2 cm³/mol. The van der Waals surface area contributed by atoms with Crippen molar-refractivity contribution in [1.82, 2.24) is 5.32 Å². The van der Waals surface area contributed by atoms with Crippen LogP contribution < -0.4 is 14.8 Å². The second kappa shape index (κ2) is 6.85. The Bertz CT molecular complexity index is 655. The van der Waals surface area contributed by atoms with Gasteiger partial charge in [0.25, 0.3) is 0 Å². The third kappa shape index (κ3) is 3.26. The summed E-state index contributed by atoms with van der Waals surface area (Å²) in [5.74, 6) is 2.07. The molecule has 5 nitrogen and oxygen atoms in total. The monoisotopic (exact) mass is 331 g/mol. The van der Waals surface area contributed by atoms with Crippen LogP contribution in [0.25, 0.3) is 0 Å². The topological polar surface area (TPSA) is 56.8 Å². The van der Waals surface area contributed by atoms with Crippen LogP contribution in [0.1, 0.15) is 31.7 Å². The average Bonchev–Trinajstić information content (AvgIpc) is 2.97. The van der Waals surface area contributed by atoms with Gasteiger partial charge in [0.1, 0.15) is 5.76 Å². The Morgan fingerprint density at radius 3 is 2.75 bits per heavy atom. The van der Waals surface area contributed by atoms with Gasteiger partial charge in [0.05, 0.1) is 14.2 Å². The molecule has 1 aromatic rings. The first-order chi connectivity index (χ1) is 11.6. The van der Waals surface area contributed by atoms with Crippen LogP contribution in [-0.2, 0) is 16.0 Å². The van der Waals surface area contributed by atoms with Gasteiger partial charge in [0.2, 0.25) is 0 Å². The van der Waals surface area contributed by atoms with Gasteiger partial charge in [-0.2, -0.15) is 0 Å². The highest BCUT2D eigenvalue weighted by Gasteiger charge is 2.44.